The van der Waals surface area contributed by atoms with E-state index in [9.17, 15) is 13.2 Å². The lowest BCUT2D eigenvalue weighted by atomic mass is 10.1. The zero-order chi connectivity index (χ0) is 8.32. The predicted octanol–water partition coefficient (Wildman–Crippen LogP) is 2.51. The number of hydrogen-bond donors (Lipinski definition) is 0. The minimum atomic E-state index is -3.98. The molecular formula is C7H11F3O. The SMILES string of the molecule is FC(F)(F)CCCC[C@H]1CO1. The second-order valence-corrected chi connectivity index (χ2v) is 2.82. The lowest BCUT2D eigenvalue weighted by molar-refractivity contribution is -0.135. The van der Waals surface area contributed by atoms with Gasteiger partial charge in [-0.1, -0.05) is 6.42 Å². The second kappa shape index (κ2) is 3.43. The Bertz CT molecular complexity index is 117. The summed E-state index contributed by atoms with van der Waals surface area (Å²) < 4.78 is 39.6. The molecule has 0 unspecified atom stereocenters. The van der Waals surface area contributed by atoms with Crippen molar-refractivity contribution in [2.75, 3.05) is 6.61 Å². The van der Waals surface area contributed by atoms with Gasteiger partial charge in [0.1, 0.15) is 0 Å². The Hall–Kier alpha value is -0.250. The molecular weight excluding hydrogens is 157 g/mol. The van der Waals surface area contributed by atoms with E-state index in [0.717, 1.165) is 13.0 Å². The molecule has 0 saturated carbocycles. The monoisotopic (exact) mass is 168 g/mol. The molecule has 11 heavy (non-hydrogen) atoms. The smallest absolute Gasteiger partial charge is 0.373 e. The molecule has 0 aromatic rings. The van der Waals surface area contributed by atoms with Crippen LogP contribution in [0.1, 0.15) is 25.7 Å². The average Bonchev–Trinajstić information content (AvgIpc) is 2.60. The zero-order valence-electron chi connectivity index (χ0n) is 6.16. The van der Waals surface area contributed by atoms with Crippen molar-refractivity contribution in [3.63, 3.8) is 0 Å². The van der Waals surface area contributed by atoms with E-state index < -0.39 is 12.6 Å². The van der Waals surface area contributed by atoms with Gasteiger partial charge in [0.2, 0.25) is 0 Å². The minimum Gasteiger partial charge on any atom is -0.373 e. The molecule has 0 bridgehead atoms. The summed E-state index contributed by atoms with van der Waals surface area (Å²) in [5, 5.41) is 0. The molecule has 1 nitrogen and oxygen atoms in total. The third kappa shape index (κ3) is 5.07. The summed E-state index contributed by atoms with van der Waals surface area (Å²) in [5.74, 6) is 0. The Morgan fingerprint density at radius 2 is 1.91 bits per heavy atom. The molecule has 1 fully saturated rings. The van der Waals surface area contributed by atoms with Crippen LogP contribution in [-0.2, 0) is 4.74 Å². The van der Waals surface area contributed by atoms with Crippen molar-refractivity contribution in [1.29, 1.82) is 0 Å². The van der Waals surface area contributed by atoms with E-state index in [4.69, 9.17) is 4.74 Å². The van der Waals surface area contributed by atoms with E-state index in [0.29, 0.717) is 6.42 Å². The molecule has 1 saturated heterocycles. The van der Waals surface area contributed by atoms with Gasteiger partial charge >= 0.3 is 6.18 Å². The number of rotatable bonds is 4. The number of unbranched alkanes of at least 4 members (excludes halogenated alkanes) is 1. The first-order valence-corrected chi connectivity index (χ1v) is 3.76. The van der Waals surface area contributed by atoms with Gasteiger partial charge in [0.05, 0.1) is 12.7 Å². The van der Waals surface area contributed by atoms with Crippen LogP contribution in [-0.4, -0.2) is 18.9 Å². The van der Waals surface area contributed by atoms with Crippen molar-refractivity contribution < 1.29 is 17.9 Å². The number of halogens is 3. The number of alkyl halides is 3. The van der Waals surface area contributed by atoms with Gasteiger partial charge in [-0.25, -0.2) is 0 Å². The Kier molecular flexibility index (Phi) is 2.76. The highest BCUT2D eigenvalue weighted by Crippen LogP contribution is 2.24. The number of epoxide rings is 1. The Morgan fingerprint density at radius 1 is 1.27 bits per heavy atom. The van der Waals surface area contributed by atoms with Crippen LogP contribution in [0.3, 0.4) is 0 Å². The molecule has 0 spiro atoms. The van der Waals surface area contributed by atoms with Crippen molar-refractivity contribution in [2.24, 2.45) is 0 Å². The predicted molar refractivity (Wildman–Crippen MR) is 34.3 cm³/mol. The molecule has 66 valence electrons. The first-order chi connectivity index (χ1) is 5.08. The summed E-state index contributed by atoms with van der Waals surface area (Å²) in [7, 11) is 0. The van der Waals surface area contributed by atoms with E-state index in [1.807, 2.05) is 0 Å². The fourth-order valence-corrected chi connectivity index (χ4v) is 0.932. The van der Waals surface area contributed by atoms with Crippen molar-refractivity contribution in [3.8, 4) is 0 Å². The van der Waals surface area contributed by atoms with E-state index in [1.165, 1.54) is 0 Å². The summed E-state index contributed by atoms with van der Waals surface area (Å²) in [5.41, 5.74) is 0. The molecule has 1 aliphatic heterocycles. The van der Waals surface area contributed by atoms with Crippen molar-refractivity contribution >= 4 is 0 Å². The topological polar surface area (TPSA) is 12.5 Å². The standard InChI is InChI=1S/C7H11F3O/c8-7(9,10)4-2-1-3-6-5-11-6/h6H,1-5H2/t6-/m0/s1. The van der Waals surface area contributed by atoms with Gasteiger partial charge < -0.3 is 4.74 Å². The molecule has 1 heterocycles. The van der Waals surface area contributed by atoms with E-state index in [-0.39, 0.29) is 12.5 Å². The molecule has 0 aliphatic carbocycles. The first kappa shape index (κ1) is 8.84. The van der Waals surface area contributed by atoms with Crippen LogP contribution in [0.15, 0.2) is 0 Å². The first-order valence-electron chi connectivity index (χ1n) is 3.76. The summed E-state index contributed by atoms with van der Waals surface area (Å²) in [6, 6.07) is 0. The van der Waals surface area contributed by atoms with Crippen LogP contribution in [0.25, 0.3) is 0 Å². The molecule has 4 heteroatoms. The molecule has 0 amide bonds. The summed E-state index contributed by atoms with van der Waals surface area (Å²) >= 11 is 0. The molecule has 0 aromatic carbocycles. The fourth-order valence-electron chi connectivity index (χ4n) is 0.932. The van der Waals surface area contributed by atoms with Gasteiger partial charge in [0.25, 0.3) is 0 Å². The van der Waals surface area contributed by atoms with Crippen LogP contribution < -0.4 is 0 Å². The maximum absolute atomic E-state index is 11.6. The van der Waals surface area contributed by atoms with Crippen LogP contribution in [0.2, 0.25) is 0 Å². The molecule has 1 atom stereocenters. The van der Waals surface area contributed by atoms with Crippen molar-refractivity contribution in [1.82, 2.24) is 0 Å². The van der Waals surface area contributed by atoms with Gasteiger partial charge in [0.15, 0.2) is 0 Å². The van der Waals surface area contributed by atoms with Gasteiger partial charge in [-0.3, -0.25) is 0 Å². The maximum Gasteiger partial charge on any atom is 0.389 e. The average molecular weight is 168 g/mol. The van der Waals surface area contributed by atoms with Gasteiger partial charge in [-0.15, -0.1) is 0 Å². The number of ether oxygens (including phenoxy) is 1. The lowest BCUT2D eigenvalue weighted by Crippen LogP contribution is -2.06. The molecule has 1 aliphatic rings. The summed E-state index contributed by atoms with van der Waals surface area (Å²) in [6.45, 7) is 0.742. The molecule has 0 aromatic heterocycles. The second-order valence-electron chi connectivity index (χ2n) is 2.82. The van der Waals surface area contributed by atoms with Crippen molar-refractivity contribution in [3.05, 3.63) is 0 Å². The normalized spacial score (nSPS) is 23.7. The highest BCUT2D eigenvalue weighted by atomic mass is 19.4. The van der Waals surface area contributed by atoms with Crippen LogP contribution in [0.4, 0.5) is 13.2 Å². The van der Waals surface area contributed by atoms with Crippen molar-refractivity contribution in [2.45, 2.75) is 38.0 Å². The minimum absolute atomic E-state index is 0.239. The summed E-state index contributed by atoms with van der Waals surface area (Å²) in [6.07, 6.45) is -2.71. The third-order valence-electron chi connectivity index (χ3n) is 1.64. The quantitative estimate of drug-likeness (QED) is 0.464. The van der Waals surface area contributed by atoms with E-state index in [2.05, 4.69) is 0 Å². The van der Waals surface area contributed by atoms with E-state index in [1.54, 1.807) is 0 Å². The van der Waals surface area contributed by atoms with Gasteiger partial charge in [0, 0.05) is 6.42 Å². The van der Waals surface area contributed by atoms with Crippen LogP contribution >= 0.6 is 0 Å². The molecule has 0 N–H and O–H groups in total. The molecule has 1 rings (SSSR count). The largest absolute Gasteiger partial charge is 0.389 e. The van der Waals surface area contributed by atoms with Gasteiger partial charge in [-0.2, -0.15) is 13.2 Å². The van der Waals surface area contributed by atoms with Crippen LogP contribution in [0, 0.1) is 0 Å². The summed E-state index contributed by atoms with van der Waals surface area (Å²) in [4.78, 5) is 0. The van der Waals surface area contributed by atoms with Gasteiger partial charge in [-0.05, 0) is 12.8 Å². The Morgan fingerprint density at radius 3 is 2.36 bits per heavy atom. The third-order valence-corrected chi connectivity index (χ3v) is 1.64. The highest BCUT2D eigenvalue weighted by Gasteiger charge is 2.27. The fraction of sp³-hybridized carbons (Fsp3) is 1.00. The Labute approximate surface area is 63.5 Å². The maximum atomic E-state index is 11.6. The van der Waals surface area contributed by atoms with Crippen LogP contribution in [0.5, 0.6) is 0 Å². The lowest BCUT2D eigenvalue weighted by Gasteiger charge is -2.03. The zero-order valence-corrected chi connectivity index (χ0v) is 6.16. The molecule has 0 radical (unpaired) electrons. The van der Waals surface area contributed by atoms with E-state index >= 15 is 0 Å². The number of hydrogen-bond acceptors (Lipinski definition) is 1. The Balaban J connectivity index is 1.87. The highest BCUT2D eigenvalue weighted by molar-refractivity contribution is 4.68.